The van der Waals surface area contributed by atoms with Crippen molar-refractivity contribution in [1.82, 2.24) is 0 Å². The summed E-state index contributed by atoms with van der Waals surface area (Å²) in [4.78, 5) is 23.2. The second-order valence-electron chi connectivity index (χ2n) is 5.00. The third-order valence-electron chi connectivity index (χ3n) is 3.44. The zero-order valence-electron chi connectivity index (χ0n) is 11.2. The van der Waals surface area contributed by atoms with Gasteiger partial charge in [-0.2, -0.15) is 0 Å². The molecule has 0 radical (unpaired) electrons. The molecule has 100 valence electrons. The summed E-state index contributed by atoms with van der Waals surface area (Å²) in [7, 11) is 0. The number of hydrogen-bond acceptors (Lipinski definition) is 3. The maximum absolute atomic E-state index is 11.7. The van der Waals surface area contributed by atoms with Crippen molar-refractivity contribution >= 4 is 11.6 Å². The number of aryl methyl sites for hydroxylation is 1. The highest BCUT2D eigenvalue weighted by atomic mass is 16.5. The van der Waals surface area contributed by atoms with E-state index in [9.17, 15) is 9.59 Å². The van der Waals surface area contributed by atoms with E-state index in [0.717, 1.165) is 5.56 Å². The molecule has 0 N–H and O–H groups in total. The molecule has 3 heteroatoms. The van der Waals surface area contributed by atoms with Gasteiger partial charge in [0.2, 0.25) is 0 Å². The normalized spacial score (nSPS) is 13.4. The number of carbonyl (C=O) groups excluding carboxylic acids is 2. The van der Waals surface area contributed by atoms with E-state index in [1.165, 1.54) is 5.56 Å². The second-order valence-corrected chi connectivity index (χ2v) is 5.00. The molecule has 1 aliphatic carbocycles. The molecule has 2 aromatic rings. The number of ether oxygens (including phenoxy) is 1. The number of benzene rings is 2. The molecule has 0 atom stereocenters. The highest BCUT2D eigenvalue weighted by Gasteiger charge is 2.27. The van der Waals surface area contributed by atoms with Gasteiger partial charge in [0.25, 0.3) is 0 Å². The van der Waals surface area contributed by atoms with Crippen LogP contribution in [0.3, 0.4) is 0 Å². The van der Waals surface area contributed by atoms with Crippen LogP contribution in [0.4, 0.5) is 0 Å². The lowest BCUT2D eigenvalue weighted by atomic mass is 10.1. The van der Waals surface area contributed by atoms with Gasteiger partial charge in [0.05, 0.1) is 6.42 Å². The topological polar surface area (TPSA) is 43.4 Å². The average molecular weight is 266 g/mol. The minimum absolute atomic E-state index is 0.0171. The van der Waals surface area contributed by atoms with Crippen LogP contribution in [0.2, 0.25) is 0 Å². The monoisotopic (exact) mass is 266 g/mol. The molecule has 0 saturated carbocycles. The molecule has 1 aliphatic rings. The predicted octanol–water partition coefficient (Wildman–Crippen LogP) is 3.34. The van der Waals surface area contributed by atoms with E-state index in [-0.39, 0.29) is 18.0 Å². The van der Waals surface area contributed by atoms with Gasteiger partial charge < -0.3 is 4.74 Å². The SMILES string of the molecule is Cc1ccc(COc2ccc3c(c2)C(=O)CC3=O)cc1. The van der Waals surface area contributed by atoms with E-state index in [1.54, 1.807) is 18.2 Å². The van der Waals surface area contributed by atoms with Crippen LogP contribution in [0.25, 0.3) is 0 Å². The Morgan fingerprint density at radius 1 is 0.950 bits per heavy atom. The molecular formula is C17H14O3. The average Bonchev–Trinajstić information content (AvgIpc) is 2.73. The molecule has 0 fully saturated rings. The molecule has 0 saturated heterocycles. The van der Waals surface area contributed by atoms with Crippen molar-refractivity contribution in [2.75, 3.05) is 0 Å². The van der Waals surface area contributed by atoms with E-state index >= 15 is 0 Å². The summed E-state index contributed by atoms with van der Waals surface area (Å²) < 4.78 is 5.68. The van der Waals surface area contributed by atoms with Crippen molar-refractivity contribution in [3.63, 3.8) is 0 Å². The van der Waals surface area contributed by atoms with Crippen molar-refractivity contribution < 1.29 is 14.3 Å². The molecule has 0 spiro atoms. The first kappa shape index (κ1) is 12.6. The lowest BCUT2D eigenvalue weighted by Crippen LogP contribution is -1.98. The van der Waals surface area contributed by atoms with Gasteiger partial charge in [-0.3, -0.25) is 9.59 Å². The smallest absolute Gasteiger partial charge is 0.171 e. The Hall–Kier alpha value is -2.42. The van der Waals surface area contributed by atoms with E-state index in [2.05, 4.69) is 0 Å². The Balaban J connectivity index is 1.76. The third-order valence-corrected chi connectivity index (χ3v) is 3.44. The summed E-state index contributed by atoms with van der Waals surface area (Å²) >= 11 is 0. The second kappa shape index (κ2) is 4.93. The Morgan fingerprint density at radius 3 is 2.40 bits per heavy atom. The van der Waals surface area contributed by atoms with E-state index < -0.39 is 0 Å². The molecule has 3 nitrogen and oxygen atoms in total. The lowest BCUT2D eigenvalue weighted by Gasteiger charge is -2.07. The first-order chi connectivity index (χ1) is 9.63. The van der Waals surface area contributed by atoms with Crippen LogP contribution < -0.4 is 4.74 Å². The largest absolute Gasteiger partial charge is 0.489 e. The maximum Gasteiger partial charge on any atom is 0.171 e. The highest BCUT2D eigenvalue weighted by Crippen LogP contribution is 2.26. The zero-order chi connectivity index (χ0) is 14.1. The van der Waals surface area contributed by atoms with Crippen molar-refractivity contribution in [3.8, 4) is 5.75 Å². The van der Waals surface area contributed by atoms with Crippen LogP contribution in [0.5, 0.6) is 5.75 Å². The van der Waals surface area contributed by atoms with Crippen LogP contribution in [0.1, 0.15) is 38.3 Å². The highest BCUT2D eigenvalue weighted by molar-refractivity contribution is 6.24. The Labute approximate surface area is 117 Å². The summed E-state index contributed by atoms with van der Waals surface area (Å²) in [5.74, 6) is 0.397. The minimum atomic E-state index is -0.120. The number of hydrogen-bond donors (Lipinski definition) is 0. The first-order valence-electron chi connectivity index (χ1n) is 6.52. The number of carbonyl (C=O) groups is 2. The molecule has 0 heterocycles. The summed E-state index contributed by atoms with van der Waals surface area (Å²) in [5.41, 5.74) is 3.27. The summed E-state index contributed by atoms with van der Waals surface area (Å²) in [5, 5.41) is 0. The maximum atomic E-state index is 11.7. The molecule has 2 aromatic carbocycles. The molecule has 3 rings (SSSR count). The Morgan fingerprint density at radius 2 is 1.65 bits per heavy atom. The van der Waals surface area contributed by atoms with Crippen molar-refractivity contribution in [2.45, 2.75) is 20.0 Å². The first-order valence-corrected chi connectivity index (χ1v) is 6.52. The molecule has 0 amide bonds. The fourth-order valence-corrected chi connectivity index (χ4v) is 2.27. The molecule has 0 bridgehead atoms. The molecule has 0 aromatic heterocycles. The third kappa shape index (κ3) is 2.35. The quantitative estimate of drug-likeness (QED) is 0.800. The lowest BCUT2D eigenvalue weighted by molar-refractivity contribution is 0.0923. The molecular weight excluding hydrogens is 252 g/mol. The van der Waals surface area contributed by atoms with Gasteiger partial charge in [0.15, 0.2) is 11.6 Å². The minimum Gasteiger partial charge on any atom is -0.489 e. The molecule has 0 aliphatic heterocycles. The van der Waals surface area contributed by atoms with E-state index in [1.807, 2.05) is 31.2 Å². The number of ketones is 2. The Kier molecular flexibility index (Phi) is 3.11. The van der Waals surface area contributed by atoms with Gasteiger partial charge in [0, 0.05) is 11.1 Å². The van der Waals surface area contributed by atoms with Gasteiger partial charge in [-0.15, -0.1) is 0 Å². The Bertz CT molecular complexity index is 684. The van der Waals surface area contributed by atoms with Gasteiger partial charge in [0.1, 0.15) is 12.4 Å². The number of Topliss-reactive ketones (excluding diaryl/α,β-unsaturated/α-hetero) is 2. The van der Waals surface area contributed by atoms with Crippen LogP contribution in [0, 0.1) is 6.92 Å². The van der Waals surface area contributed by atoms with Crippen LogP contribution in [-0.4, -0.2) is 11.6 Å². The summed E-state index contributed by atoms with van der Waals surface area (Å²) in [6.45, 7) is 2.48. The van der Waals surface area contributed by atoms with Gasteiger partial charge in [-0.1, -0.05) is 29.8 Å². The van der Waals surface area contributed by atoms with E-state index in [4.69, 9.17) is 4.74 Å². The standard InChI is InChI=1S/C17H14O3/c1-11-2-4-12(5-3-11)10-20-13-6-7-14-15(8-13)17(19)9-16(14)18/h2-8H,9-10H2,1H3. The van der Waals surface area contributed by atoms with Gasteiger partial charge in [-0.25, -0.2) is 0 Å². The van der Waals surface area contributed by atoms with Gasteiger partial charge >= 0.3 is 0 Å². The zero-order valence-corrected chi connectivity index (χ0v) is 11.2. The molecule has 0 unspecified atom stereocenters. The van der Waals surface area contributed by atoms with Gasteiger partial charge in [-0.05, 0) is 30.7 Å². The number of rotatable bonds is 3. The molecule has 20 heavy (non-hydrogen) atoms. The summed E-state index contributed by atoms with van der Waals surface area (Å²) in [6.07, 6.45) is -0.0171. The van der Waals surface area contributed by atoms with Crippen LogP contribution in [0.15, 0.2) is 42.5 Å². The summed E-state index contributed by atoms with van der Waals surface area (Å²) in [6, 6.07) is 13.2. The number of fused-ring (bicyclic) bond motifs is 1. The predicted molar refractivity (Wildman–Crippen MR) is 75.2 cm³/mol. The van der Waals surface area contributed by atoms with Crippen LogP contribution >= 0.6 is 0 Å². The fraction of sp³-hybridized carbons (Fsp3) is 0.176. The van der Waals surface area contributed by atoms with Crippen molar-refractivity contribution in [3.05, 3.63) is 64.7 Å². The van der Waals surface area contributed by atoms with Crippen molar-refractivity contribution in [2.24, 2.45) is 0 Å². The fourth-order valence-electron chi connectivity index (χ4n) is 2.27. The van der Waals surface area contributed by atoms with Crippen molar-refractivity contribution in [1.29, 1.82) is 0 Å². The van der Waals surface area contributed by atoms with Crippen LogP contribution in [-0.2, 0) is 6.61 Å². The van der Waals surface area contributed by atoms with E-state index in [0.29, 0.717) is 23.5 Å².